The van der Waals surface area contributed by atoms with Gasteiger partial charge in [0.15, 0.2) is 0 Å². The number of alkyl halides is 2. The highest BCUT2D eigenvalue weighted by atomic mass is 19.3. The summed E-state index contributed by atoms with van der Waals surface area (Å²) >= 11 is 0. The van der Waals surface area contributed by atoms with Gasteiger partial charge in [0.25, 0.3) is 0 Å². The lowest BCUT2D eigenvalue weighted by molar-refractivity contribution is 0.00401. The van der Waals surface area contributed by atoms with Crippen molar-refractivity contribution in [3.05, 3.63) is 0 Å². The summed E-state index contributed by atoms with van der Waals surface area (Å²) in [6.07, 6.45) is 9.84. The van der Waals surface area contributed by atoms with Crippen LogP contribution in [0.25, 0.3) is 0 Å². The maximum absolute atomic E-state index is 13.2. The number of halogens is 2. The summed E-state index contributed by atoms with van der Waals surface area (Å²) in [6.45, 7) is 0. The van der Waals surface area contributed by atoms with Crippen LogP contribution in [-0.4, -0.2) is 19.0 Å². The Morgan fingerprint density at radius 3 is 2.28 bits per heavy atom. The Balaban J connectivity index is 1.84. The molecule has 2 atom stereocenters. The van der Waals surface area contributed by atoms with Crippen molar-refractivity contribution in [2.24, 2.45) is 11.8 Å². The molecule has 1 N–H and O–H groups in total. The van der Waals surface area contributed by atoms with Crippen LogP contribution in [0.1, 0.15) is 64.2 Å². The Bertz CT molecular complexity index is 247. The molecule has 1 nitrogen and oxygen atoms in total. The molecule has 0 aliphatic heterocycles. The minimum absolute atomic E-state index is 0.110. The molecule has 0 amide bonds. The quantitative estimate of drug-likeness (QED) is 0.739. The predicted octanol–water partition coefficient (Wildman–Crippen LogP) is 4.37. The van der Waals surface area contributed by atoms with Crippen LogP contribution in [-0.2, 0) is 0 Å². The maximum Gasteiger partial charge on any atom is 0.248 e. The summed E-state index contributed by atoms with van der Waals surface area (Å²) < 4.78 is 26.5. The van der Waals surface area contributed by atoms with Crippen molar-refractivity contribution < 1.29 is 8.78 Å². The van der Waals surface area contributed by atoms with Gasteiger partial charge in [0, 0.05) is 18.9 Å². The van der Waals surface area contributed by atoms with Crippen LogP contribution in [0.3, 0.4) is 0 Å². The fraction of sp³-hybridized carbons (Fsp3) is 1.00. The first-order chi connectivity index (χ1) is 8.61. The molecular weight excluding hydrogens is 232 g/mol. The van der Waals surface area contributed by atoms with Gasteiger partial charge in [-0.3, -0.25) is 0 Å². The van der Waals surface area contributed by atoms with Gasteiger partial charge >= 0.3 is 0 Å². The van der Waals surface area contributed by atoms with E-state index in [2.05, 4.69) is 5.32 Å². The first kappa shape index (κ1) is 14.2. The third kappa shape index (κ3) is 3.91. The molecule has 2 unspecified atom stereocenters. The van der Waals surface area contributed by atoms with Crippen LogP contribution in [0.5, 0.6) is 0 Å². The van der Waals surface area contributed by atoms with Crippen molar-refractivity contribution in [2.45, 2.75) is 76.2 Å². The highest BCUT2D eigenvalue weighted by Crippen LogP contribution is 2.42. The number of rotatable bonds is 4. The molecule has 0 radical (unpaired) electrons. The van der Waals surface area contributed by atoms with Crippen LogP contribution < -0.4 is 5.32 Å². The highest BCUT2D eigenvalue weighted by molar-refractivity contribution is 4.86. The zero-order chi connectivity index (χ0) is 13.0. The molecule has 0 aromatic heterocycles. The molecule has 0 aromatic rings. The molecule has 3 heteroatoms. The molecule has 0 aromatic carbocycles. The Kier molecular flexibility index (Phi) is 4.99. The van der Waals surface area contributed by atoms with E-state index in [0.29, 0.717) is 12.0 Å². The van der Waals surface area contributed by atoms with E-state index in [1.54, 1.807) is 0 Å². The Morgan fingerprint density at radius 1 is 1.11 bits per heavy atom. The van der Waals surface area contributed by atoms with Crippen molar-refractivity contribution in [2.75, 3.05) is 7.05 Å². The Hall–Kier alpha value is -0.180. The second-order valence-electron chi connectivity index (χ2n) is 6.35. The van der Waals surface area contributed by atoms with Gasteiger partial charge in [0.05, 0.1) is 0 Å². The molecule has 0 bridgehead atoms. The summed E-state index contributed by atoms with van der Waals surface area (Å²) in [5.41, 5.74) is 0. The smallest absolute Gasteiger partial charge is 0.248 e. The highest BCUT2D eigenvalue weighted by Gasteiger charge is 2.40. The number of hydrogen-bond acceptors (Lipinski definition) is 1. The van der Waals surface area contributed by atoms with E-state index in [4.69, 9.17) is 0 Å². The molecule has 2 rings (SSSR count). The van der Waals surface area contributed by atoms with E-state index in [1.807, 2.05) is 7.05 Å². The zero-order valence-electron chi connectivity index (χ0n) is 11.6. The van der Waals surface area contributed by atoms with E-state index in [0.717, 1.165) is 12.8 Å². The van der Waals surface area contributed by atoms with Gasteiger partial charge in [-0.15, -0.1) is 0 Å². The Morgan fingerprint density at radius 2 is 1.78 bits per heavy atom. The fourth-order valence-corrected chi connectivity index (χ4v) is 3.86. The second-order valence-corrected chi connectivity index (χ2v) is 6.35. The van der Waals surface area contributed by atoms with E-state index >= 15 is 0 Å². The maximum atomic E-state index is 13.2. The van der Waals surface area contributed by atoms with Crippen molar-refractivity contribution in [1.82, 2.24) is 5.32 Å². The van der Waals surface area contributed by atoms with Crippen LogP contribution in [0.15, 0.2) is 0 Å². The van der Waals surface area contributed by atoms with Crippen molar-refractivity contribution in [3.63, 3.8) is 0 Å². The summed E-state index contributed by atoms with van der Waals surface area (Å²) in [5.74, 6) is -1.43. The van der Waals surface area contributed by atoms with Gasteiger partial charge in [0.2, 0.25) is 5.92 Å². The monoisotopic (exact) mass is 259 g/mol. The molecule has 2 saturated carbocycles. The van der Waals surface area contributed by atoms with E-state index in [1.165, 1.54) is 38.5 Å². The van der Waals surface area contributed by atoms with Crippen molar-refractivity contribution in [3.8, 4) is 0 Å². The number of hydrogen-bond donors (Lipinski definition) is 1. The van der Waals surface area contributed by atoms with E-state index in [9.17, 15) is 8.78 Å². The van der Waals surface area contributed by atoms with Crippen LogP contribution in [0.2, 0.25) is 0 Å². The minimum atomic E-state index is -2.38. The van der Waals surface area contributed by atoms with Gasteiger partial charge < -0.3 is 5.32 Å². The zero-order valence-corrected chi connectivity index (χ0v) is 11.6. The lowest BCUT2D eigenvalue weighted by Gasteiger charge is -2.28. The molecule has 106 valence electrons. The topological polar surface area (TPSA) is 12.0 Å². The van der Waals surface area contributed by atoms with Gasteiger partial charge in [0.1, 0.15) is 0 Å². The first-order valence-electron chi connectivity index (χ1n) is 7.66. The first-order valence-corrected chi connectivity index (χ1v) is 7.66. The standard InChI is InChI=1S/C15H27F2N/c1-18-14(13-6-4-2-3-5-7-13)10-12-8-9-15(16,17)11-12/h12-14,18H,2-11H2,1H3. The molecule has 0 saturated heterocycles. The molecule has 0 spiro atoms. The van der Waals surface area contributed by atoms with Crippen LogP contribution in [0.4, 0.5) is 8.78 Å². The van der Waals surface area contributed by atoms with Crippen molar-refractivity contribution >= 4 is 0 Å². The van der Waals surface area contributed by atoms with Gasteiger partial charge in [-0.25, -0.2) is 8.78 Å². The summed E-state index contributed by atoms with van der Waals surface area (Å²) in [5, 5.41) is 3.41. The lowest BCUT2D eigenvalue weighted by Crippen LogP contribution is -2.35. The molecule has 0 heterocycles. The molecule has 2 aliphatic rings. The van der Waals surface area contributed by atoms with Crippen molar-refractivity contribution in [1.29, 1.82) is 0 Å². The van der Waals surface area contributed by atoms with E-state index in [-0.39, 0.29) is 18.8 Å². The fourth-order valence-electron chi connectivity index (χ4n) is 3.86. The number of nitrogens with one attached hydrogen (secondary N) is 1. The minimum Gasteiger partial charge on any atom is -0.317 e. The van der Waals surface area contributed by atoms with Gasteiger partial charge in [-0.05, 0) is 44.6 Å². The molecule has 18 heavy (non-hydrogen) atoms. The normalized spacial score (nSPS) is 31.2. The third-order valence-electron chi connectivity index (χ3n) is 4.93. The molecular formula is C15H27F2N. The predicted molar refractivity (Wildman–Crippen MR) is 70.9 cm³/mol. The van der Waals surface area contributed by atoms with Gasteiger partial charge in [-0.1, -0.05) is 25.7 Å². The largest absolute Gasteiger partial charge is 0.317 e. The third-order valence-corrected chi connectivity index (χ3v) is 4.93. The lowest BCUT2D eigenvalue weighted by atomic mass is 9.85. The summed E-state index contributed by atoms with van der Waals surface area (Å²) in [4.78, 5) is 0. The molecule has 2 aliphatic carbocycles. The SMILES string of the molecule is CNC(CC1CCC(F)(F)C1)C1CCCCCC1. The molecule has 2 fully saturated rings. The summed E-state index contributed by atoms with van der Waals surface area (Å²) in [7, 11) is 2.00. The Labute approximate surface area is 110 Å². The summed E-state index contributed by atoms with van der Waals surface area (Å²) in [6, 6.07) is 0.460. The average molecular weight is 259 g/mol. The average Bonchev–Trinajstić information content (AvgIpc) is 2.57. The van der Waals surface area contributed by atoms with Crippen LogP contribution >= 0.6 is 0 Å². The van der Waals surface area contributed by atoms with Gasteiger partial charge in [-0.2, -0.15) is 0 Å². The van der Waals surface area contributed by atoms with E-state index < -0.39 is 5.92 Å². The van der Waals surface area contributed by atoms with Crippen LogP contribution in [0, 0.1) is 11.8 Å². The second kappa shape index (κ2) is 6.31.